The molecule has 3 aromatic rings. The van der Waals surface area contributed by atoms with Crippen LogP contribution in [0.2, 0.25) is 0 Å². The molecule has 0 atom stereocenters. The lowest BCUT2D eigenvalue weighted by Crippen LogP contribution is -1.87. The maximum atomic E-state index is 5.37. The molecule has 0 fully saturated rings. The standard InChI is InChI=1S/C18H14BrNO/c1-21-18-11-8-15(19)12-14(18)7-10-16-9-6-13-4-2-3-5-17(13)20-16/h2-12H,1H3/b10-7+. The van der Waals surface area contributed by atoms with Crippen LogP contribution in [0.15, 0.2) is 59.1 Å². The van der Waals surface area contributed by atoms with E-state index in [1.807, 2.05) is 54.6 Å². The van der Waals surface area contributed by atoms with Gasteiger partial charge >= 0.3 is 0 Å². The van der Waals surface area contributed by atoms with Gasteiger partial charge in [-0.1, -0.05) is 40.2 Å². The van der Waals surface area contributed by atoms with E-state index in [1.54, 1.807) is 7.11 Å². The molecule has 0 aliphatic carbocycles. The third kappa shape index (κ3) is 3.14. The SMILES string of the molecule is COc1ccc(Br)cc1/C=C/c1ccc2ccccc2n1. The smallest absolute Gasteiger partial charge is 0.126 e. The van der Waals surface area contributed by atoms with Crippen molar-refractivity contribution in [2.75, 3.05) is 7.11 Å². The Morgan fingerprint density at radius 3 is 2.71 bits per heavy atom. The molecule has 0 aliphatic rings. The minimum absolute atomic E-state index is 0.843. The Bertz CT molecular complexity index is 811. The van der Waals surface area contributed by atoms with Gasteiger partial charge in [0.2, 0.25) is 0 Å². The molecule has 0 radical (unpaired) electrons. The molecule has 0 amide bonds. The summed E-state index contributed by atoms with van der Waals surface area (Å²) in [5.41, 5.74) is 2.94. The van der Waals surface area contributed by atoms with Gasteiger partial charge in [-0.05, 0) is 42.5 Å². The molecule has 104 valence electrons. The first kappa shape index (κ1) is 13.8. The van der Waals surface area contributed by atoms with Crippen molar-refractivity contribution in [3.05, 3.63) is 70.3 Å². The molecule has 0 unspecified atom stereocenters. The summed E-state index contributed by atoms with van der Waals surface area (Å²) in [5.74, 6) is 0.843. The minimum Gasteiger partial charge on any atom is -0.496 e. The Morgan fingerprint density at radius 2 is 1.86 bits per heavy atom. The van der Waals surface area contributed by atoms with Gasteiger partial charge in [-0.3, -0.25) is 0 Å². The van der Waals surface area contributed by atoms with E-state index < -0.39 is 0 Å². The summed E-state index contributed by atoms with van der Waals surface area (Å²) >= 11 is 3.48. The summed E-state index contributed by atoms with van der Waals surface area (Å²) < 4.78 is 6.39. The normalized spacial score (nSPS) is 11.1. The molecule has 0 saturated heterocycles. The van der Waals surface area contributed by atoms with Crippen molar-refractivity contribution >= 4 is 39.0 Å². The molecule has 1 aromatic heterocycles. The number of nitrogens with zero attached hydrogens (tertiary/aromatic N) is 1. The van der Waals surface area contributed by atoms with E-state index >= 15 is 0 Å². The first-order valence-electron chi connectivity index (χ1n) is 6.64. The van der Waals surface area contributed by atoms with Crippen molar-refractivity contribution in [1.82, 2.24) is 4.98 Å². The van der Waals surface area contributed by atoms with E-state index in [0.717, 1.165) is 32.4 Å². The van der Waals surface area contributed by atoms with E-state index in [-0.39, 0.29) is 0 Å². The summed E-state index contributed by atoms with van der Waals surface area (Å²) in [7, 11) is 1.68. The molecule has 3 rings (SSSR count). The second-order valence-corrected chi connectivity index (χ2v) is 5.56. The number of aromatic nitrogens is 1. The fourth-order valence-corrected chi connectivity index (χ4v) is 2.56. The Labute approximate surface area is 132 Å². The second-order valence-electron chi connectivity index (χ2n) is 4.65. The highest BCUT2D eigenvalue weighted by molar-refractivity contribution is 9.10. The predicted molar refractivity (Wildman–Crippen MR) is 91.4 cm³/mol. The molecular formula is C18H14BrNO. The zero-order valence-corrected chi connectivity index (χ0v) is 13.2. The van der Waals surface area contributed by atoms with Crippen LogP contribution in [0.1, 0.15) is 11.3 Å². The van der Waals surface area contributed by atoms with Crippen molar-refractivity contribution in [3.8, 4) is 5.75 Å². The van der Waals surface area contributed by atoms with Crippen LogP contribution in [0.3, 0.4) is 0 Å². The van der Waals surface area contributed by atoms with Gasteiger partial charge in [-0.25, -0.2) is 4.98 Å². The van der Waals surface area contributed by atoms with E-state index in [9.17, 15) is 0 Å². The number of benzene rings is 2. The number of hydrogen-bond acceptors (Lipinski definition) is 2. The maximum Gasteiger partial charge on any atom is 0.126 e. The molecule has 0 N–H and O–H groups in total. The predicted octanol–water partition coefficient (Wildman–Crippen LogP) is 5.18. The molecule has 3 heteroatoms. The third-order valence-electron chi connectivity index (χ3n) is 3.25. The molecule has 1 heterocycles. The van der Waals surface area contributed by atoms with Crippen molar-refractivity contribution in [3.63, 3.8) is 0 Å². The van der Waals surface area contributed by atoms with Crippen LogP contribution in [0.4, 0.5) is 0 Å². The Hall–Kier alpha value is -2.13. The highest BCUT2D eigenvalue weighted by atomic mass is 79.9. The van der Waals surface area contributed by atoms with Crippen LogP contribution in [0.5, 0.6) is 5.75 Å². The molecule has 0 saturated carbocycles. The Kier molecular flexibility index (Phi) is 4.02. The van der Waals surface area contributed by atoms with Crippen molar-refractivity contribution < 1.29 is 4.74 Å². The fraction of sp³-hybridized carbons (Fsp3) is 0.0556. The highest BCUT2D eigenvalue weighted by Crippen LogP contribution is 2.25. The van der Waals surface area contributed by atoms with Crippen LogP contribution < -0.4 is 4.74 Å². The molecule has 0 bridgehead atoms. The van der Waals surface area contributed by atoms with Crippen LogP contribution in [-0.2, 0) is 0 Å². The summed E-state index contributed by atoms with van der Waals surface area (Å²) in [4.78, 5) is 4.63. The van der Waals surface area contributed by atoms with E-state index in [1.165, 1.54) is 0 Å². The van der Waals surface area contributed by atoms with Gasteiger partial charge in [0.15, 0.2) is 0 Å². The average Bonchev–Trinajstić information content (AvgIpc) is 2.53. The molecule has 0 aliphatic heterocycles. The molecule has 2 nitrogen and oxygen atoms in total. The number of pyridine rings is 1. The van der Waals surface area contributed by atoms with Crippen molar-refractivity contribution in [2.45, 2.75) is 0 Å². The number of rotatable bonds is 3. The fourth-order valence-electron chi connectivity index (χ4n) is 2.19. The quantitative estimate of drug-likeness (QED) is 0.656. The third-order valence-corrected chi connectivity index (χ3v) is 3.74. The number of para-hydroxylation sites is 1. The van der Waals surface area contributed by atoms with Crippen molar-refractivity contribution in [2.24, 2.45) is 0 Å². The molecular weight excluding hydrogens is 326 g/mol. The topological polar surface area (TPSA) is 22.1 Å². The second kappa shape index (κ2) is 6.10. The number of halogens is 1. The number of fused-ring (bicyclic) bond motifs is 1. The van der Waals surface area contributed by atoms with E-state index in [0.29, 0.717) is 0 Å². The maximum absolute atomic E-state index is 5.37. The van der Waals surface area contributed by atoms with Gasteiger partial charge in [0, 0.05) is 15.4 Å². The Balaban J connectivity index is 1.96. The Morgan fingerprint density at radius 1 is 1.00 bits per heavy atom. The highest BCUT2D eigenvalue weighted by Gasteiger charge is 2.00. The lowest BCUT2D eigenvalue weighted by Gasteiger charge is -2.05. The van der Waals surface area contributed by atoms with Gasteiger partial charge < -0.3 is 4.74 Å². The summed E-state index contributed by atoms with van der Waals surface area (Å²) in [6.45, 7) is 0. The monoisotopic (exact) mass is 339 g/mol. The zero-order chi connectivity index (χ0) is 14.7. The van der Waals surface area contributed by atoms with Crippen LogP contribution in [-0.4, -0.2) is 12.1 Å². The van der Waals surface area contributed by atoms with Gasteiger partial charge in [0.05, 0.1) is 18.3 Å². The van der Waals surface area contributed by atoms with Crippen molar-refractivity contribution in [1.29, 1.82) is 0 Å². The van der Waals surface area contributed by atoms with Crippen LogP contribution >= 0.6 is 15.9 Å². The number of methoxy groups -OCH3 is 1. The van der Waals surface area contributed by atoms with E-state index in [4.69, 9.17) is 4.74 Å². The number of hydrogen-bond donors (Lipinski definition) is 0. The molecule has 0 spiro atoms. The van der Waals surface area contributed by atoms with Gasteiger partial charge in [-0.2, -0.15) is 0 Å². The summed E-state index contributed by atoms with van der Waals surface area (Å²) in [5, 5.41) is 1.15. The van der Waals surface area contributed by atoms with Crippen LogP contribution in [0, 0.1) is 0 Å². The first-order valence-corrected chi connectivity index (χ1v) is 7.43. The van der Waals surface area contributed by atoms with E-state index in [2.05, 4.69) is 33.0 Å². The minimum atomic E-state index is 0.843. The zero-order valence-electron chi connectivity index (χ0n) is 11.6. The number of ether oxygens (including phenoxy) is 1. The van der Waals surface area contributed by atoms with Gasteiger partial charge in [0.1, 0.15) is 5.75 Å². The van der Waals surface area contributed by atoms with Crippen LogP contribution in [0.25, 0.3) is 23.1 Å². The van der Waals surface area contributed by atoms with Gasteiger partial charge in [-0.15, -0.1) is 0 Å². The lowest BCUT2D eigenvalue weighted by atomic mass is 10.1. The largest absolute Gasteiger partial charge is 0.496 e. The van der Waals surface area contributed by atoms with Gasteiger partial charge in [0.25, 0.3) is 0 Å². The average molecular weight is 340 g/mol. The molecule has 21 heavy (non-hydrogen) atoms. The summed E-state index contributed by atoms with van der Waals surface area (Å²) in [6.07, 6.45) is 4.01. The summed E-state index contributed by atoms with van der Waals surface area (Å²) in [6, 6.07) is 18.1. The first-order chi connectivity index (χ1) is 10.3. The molecule has 2 aromatic carbocycles. The lowest BCUT2D eigenvalue weighted by molar-refractivity contribution is 0.414.